The zero-order valence-electron chi connectivity index (χ0n) is 14.8. The van der Waals surface area contributed by atoms with Crippen LogP contribution < -0.4 is 22.1 Å². The standard InChI is InChI=1S/C20H26N4O2/c21-7-1-9-23-17-3-4-18(24-10-2-8-22)14-12-16-15(11-13(14)17)19(25)5-6-20(16)26/h3-6,11-12,23-26H,1-2,7-10,21-22H2. The Morgan fingerprint density at radius 2 is 1.08 bits per heavy atom. The van der Waals surface area contributed by atoms with E-state index in [1.54, 1.807) is 0 Å². The summed E-state index contributed by atoms with van der Waals surface area (Å²) in [6, 6.07) is 10.9. The molecule has 8 N–H and O–H groups in total. The molecule has 26 heavy (non-hydrogen) atoms. The highest BCUT2D eigenvalue weighted by Gasteiger charge is 2.12. The van der Waals surface area contributed by atoms with Gasteiger partial charge in [0, 0.05) is 46.0 Å². The Morgan fingerprint density at radius 3 is 1.46 bits per heavy atom. The zero-order chi connectivity index (χ0) is 18.5. The van der Waals surface area contributed by atoms with Crippen LogP contribution in [0.4, 0.5) is 11.4 Å². The van der Waals surface area contributed by atoms with Gasteiger partial charge in [0.25, 0.3) is 0 Å². The van der Waals surface area contributed by atoms with E-state index in [0.717, 1.165) is 48.1 Å². The Bertz CT molecular complexity index is 837. The van der Waals surface area contributed by atoms with Gasteiger partial charge in [-0.3, -0.25) is 0 Å². The normalized spacial score (nSPS) is 11.2. The highest BCUT2D eigenvalue weighted by Crippen LogP contribution is 2.39. The maximum absolute atomic E-state index is 10.2. The van der Waals surface area contributed by atoms with Gasteiger partial charge < -0.3 is 32.3 Å². The van der Waals surface area contributed by atoms with Crippen molar-refractivity contribution < 1.29 is 10.2 Å². The van der Waals surface area contributed by atoms with E-state index < -0.39 is 0 Å². The molecule has 0 aliphatic rings. The number of rotatable bonds is 8. The minimum Gasteiger partial charge on any atom is -0.507 e. The third-order valence-corrected chi connectivity index (χ3v) is 4.50. The van der Waals surface area contributed by atoms with E-state index in [1.807, 2.05) is 24.3 Å². The average Bonchev–Trinajstić information content (AvgIpc) is 2.65. The fourth-order valence-electron chi connectivity index (χ4n) is 3.11. The molecule has 0 unspecified atom stereocenters. The van der Waals surface area contributed by atoms with Crippen molar-refractivity contribution in [2.24, 2.45) is 11.5 Å². The Morgan fingerprint density at radius 1 is 0.654 bits per heavy atom. The lowest BCUT2D eigenvalue weighted by atomic mass is 9.99. The molecule has 0 bridgehead atoms. The zero-order valence-corrected chi connectivity index (χ0v) is 14.8. The molecule has 6 heteroatoms. The third kappa shape index (κ3) is 3.61. The van der Waals surface area contributed by atoms with Gasteiger partial charge >= 0.3 is 0 Å². The van der Waals surface area contributed by atoms with E-state index in [0.29, 0.717) is 23.9 Å². The van der Waals surface area contributed by atoms with Gasteiger partial charge in [-0.2, -0.15) is 0 Å². The van der Waals surface area contributed by atoms with E-state index in [-0.39, 0.29) is 11.5 Å². The molecule has 0 saturated heterocycles. The molecule has 0 atom stereocenters. The molecule has 0 radical (unpaired) electrons. The Balaban J connectivity index is 2.15. The van der Waals surface area contributed by atoms with Gasteiger partial charge in [-0.05, 0) is 62.3 Å². The van der Waals surface area contributed by atoms with Crippen LogP contribution in [0.15, 0.2) is 36.4 Å². The summed E-state index contributed by atoms with van der Waals surface area (Å²) in [5.74, 6) is 0.295. The lowest BCUT2D eigenvalue weighted by Gasteiger charge is -2.16. The van der Waals surface area contributed by atoms with E-state index >= 15 is 0 Å². The fourth-order valence-corrected chi connectivity index (χ4v) is 3.11. The van der Waals surface area contributed by atoms with Crippen molar-refractivity contribution in [1.82, 2.24) is 0 Å². The Labute approximate surface area is 152 Å². The number of phenols is 2. The third-order valence-electron chi connectivity index (χ3n) is 4.50. The van der Waals surface area contributed by atoms with E-state index in [9.17, 15) is 10.2 Å². The van der Waals surface area contributed by atoms with Crippen molar-refractivity contribution in [2.75, 3.05) is 36.8 Å². The first-order valence-corrected chi connectivity index (χ1v) is 8.95. The molecule has 0 spiro atoms. The second kappa shape index (κ2) is 8.12. The minimum atomic E-state index is 0.147. The van der Waals surface area contributed by atoms with Gasteiger partial charge in [0.15, 0.2) is 0 Å². The highest BCUT2D eigenvalue weighted by molar-refractivity contribution is 6.11. The maximum atomic E-state index is 10.2. The van der Waals surface area contributed by atoms with Crippen LogP contribution in [0.5, 0.6) is 11.5 Å². The van der Waals surface area contributed by atoms with Crippen LogP contribution in [-0.2, 0) is 0 Å². The van der Waals surface area contributed by atoms with Gasteiger partial charge in [-0.1, -0.05) is 0 Å². The van der Waals surface area contributed by atoms with Gasteiger partial charge in [0.1, 0.15) is 11.5 Å². The maximum Gasteiger partial charge on any atom is 0.123 e. The molecule has 0 aliphatic carbocycles. The topological polar surface area (TPSA) is 117 Å². The van der Waals surface area contributed by atoms with Crippen molar-refractivity contribution >= 4 is 32.9 Å². The molecule has 3 aromatic carbocycles. The van der Waals surface area contributed by atoms with Crippen molar-refractivity contribution in [3.8, 4) is 11.5 Å². The number of hydrogen-bond acceptors (Lipinski definition) is 6. The number of nitrogens with two attached hydrogens (primary N) is 2. The fraction of sp³-hybridized carbons (Fsp3) is 0.300. The van der Waals surface area contributed by atoms with Crippen LogP contribution in [0.2, 0.25) is 0 Å². The smallest absolute Gasteiger partial charge is 0.123 e. The first-order chi connectivity index (χ1) is 12.7. The predicted molar refractivity (Wildman–Crippen MR) is 109 cm³/mol. The number of fused-ring (bicyclic) bond motifs is 2. The quantitative estimate of drug-likeness (QED) is 0.210. The minimum absolute atomic E-state index is 0.147. The van der Waals surface area contributed by atoms with Crippen molar-refractivity contribution in [3.63, 3.8) is 0 Å². The molecule has 0 fully saturated rings. The first kappa shape index (κ1) is 18.1. The molecule has 138 valence electrons. The van der Waals surface area contributed by atoms with Gasteiger partial charge in [-0.15, -0.1) is 0 Å². The molecular weight excluding hydrogens is 328 g/mol. The van der Waals surface area contributed by atoms with Crippen LogP contribution >= 0.6 is 0 Å². The van der Waals surface area contributed by atoms with E-state index in [2.05, 4.69) is 10.6 Å². The summed E-state index contributed by atoms with van der Waals surface area (Å²) in [6.45, 7) is 2.80. The van der Waals surface area contributed by atoms with Crippen LogP contribution in [0.1, 0.15) is 12.8 Å². The average molecular weight is 354 g/mol. The van der Waals surface area contributed by atoms with Crippen molar-refractivity contribution in [2.45, 2.75) is 12.8 Å². The molecular formula is C20H26N4O2. The number of aromatic hydroxyl groups is 2. The lowest BCUT2D eigenvalue weighted by molar-refractivity contribution is 0.469. The number of benzene rings is 3. The highest BCUT2D eigenvalue weighted by atomic mass is 16.3. The molecule has 6 nitrogen and oxygen atoms in total. The lowest BCUT2D eigenvalue weighted by Crippen LogP contribution is -2.10. The summed E-state index contributed by atoms with van der Waals surface area (Å²) < 4.78 is 0. The molecule has 0 aliphatic heterocycles. The molecule has 0 aromatic heterocycles. The van der Waals surface area contributed by atoms with Crippen molar-refractivity contribution in [3.05, 3.63) is 36.4 Å². The molecule has 3 aromatic rings. The summed E-state index contributed by atoms with van der Waals surface area (Å²) >= 11 is 0. The number of anilines is 2. The van der Waals surface area contributed by atoms with E-state index in [4.69, 9.17) is 11.5 Å². The summed E-state index contributed by atoms with van der Waals surface area (Å²) in [6.07, 6.45) is 1.75. The van der Waals surface area contributed by atoms with Crippen LogP contribution in [0, 0.1) is 0 Å². The van der Waals surface area contributed by atoms with Crippen LogP contribution in [-0.4, -0.2) is 36.4 Å². The predicted octanol–water partition coefficient (Wildman–Crippen LogP) is 2.93. The summed E-state index contributed by atoms with van der Waals surface area (Å²) in [5, 5.41) is 30.5. The molecule has 3 rings (SSSR count). The van der Waals surface area contributed by atoms with Gasteiger partial charge in [0.2, 0.25) is 0 Å². The Hall–Kier alpha value is -2.70. The van der Waals surface area contributed by atoms with Crippen LogP contribution in [0.25, 0.3) is 21.5 Å². The van der Waals surface area contributed by atoms with E-state index in [1.165, 1.54) is 12.1 Å². The van der Waals surface area contributed by atoms with Crippen molar-refractivity contribution in [1.29, 1.82) is 0 Å². The first-order valence-electron chi connectivity index (χ1n) is 8.95. The molecule has 0 amide bonds. The second-order valence-corrected chi connectivity index (χ2v) is 6.35. The summed E-state index contributed by atoms with van der Waals surface area (Å²) in [5.41, 5.74) is 13.1. The van der Waals surface area contributed by atoms with Crippen LogP contribution in [0.3, 0.4) is 0 Å². The Kier molecular flexibility index (Phi) is 5.65. The number of phenolic OH excluding ortho intramolecular Hbond substituents is 2. The second-order valence-electron chi connectivity index (χ2n) is 6.35. The van der Waals surface area contributed by atoms with Gasteiger partial charge in [-0.25, -0.2) is 0 Å². The largest absolute Gasteiger partial charge is 0.507 e. The number of nitrogens with one attached hydrogen (secondary N) is 2. The van der Waals surface area contributed by atoms with Gasteiger partial charge in [0.05, 0.1) is 0 Å². The molecule has 0 saturated carbocycles. The monoisotopic (exact) mass is 354 g/mol. The molecule has 0 heterocycles. The summed E-state index contributed by atoms with van der Waals surface area (Å²) in [4.78, 5) is 0. The SMILES string of the molecule is NCCCNc1ccc(NCCCN)c2cc3c(O)ccc(O)c3cc12. The summed E-state index contributed by atoms with van der Waals surface area (Å²) in [7, 11) is 0. The number of hydrogen-bond donors (Lipinski definition) is 6.